The van der Waals surface area contributed by atoms with Crippen molar-refractivity contribution in [1.29, 1.82) is 0 Å². The van der Waals surface area contributed by atoms with Crippen molar-refractivity contribution >= 4 is 5.78 Å². The number of hydrogen-bond acceptors (Lipinski definition) is 2. The maximum atomic E-state index is 11.8. The van der Waals surface area contributed by atoms with Crippen LogP contribution in [0.3, 0.4) is 0 Å². The van der Waals surface area contributed by atoms with E-state index < -0.39 is 6.52 Å². The average Bonchev–Trinajstić information content (AvgIpc) is 2.16. The summed E-state index contributed by atoms with van der Waals surface area (Å²) in [6, 6.07) is 4.66. The number of hydrogen-bond donors (Lipinski definition) is 0. The summed E-state index contributed by atoms with van der Waals surface area (Å²) in [7, 11) is 3.44. The van der Waals surface area contributed by atoms with Crippen LogP contribution in [0.2, 0.25) is 0 Å². The van der Waals surface area contributed by atoms with E-state index in [1.165, 1.54) is 12.1 Å². The van der Waals surface area contributed by atoms with Crippen LogP contribution < -0.4 is 0 Å². The third-order valence-corrected chi connectivity index (χ3v) is 1.57. The smallest absolute Gasteiger partial charge is 0.164 e. The first-order valence-electron chi connectivity index (χ1n) is 5.69. The van der Waals surface area contributed by atoms with Crippen LogP contribution >= 0.6 is 0 Å². The van der Waals surface area contributed by atoms with E-state index in [2.05, 4.69) is 0 Å². The Labute approximate surface area is 83.4 Å². The average molecular weight is 180 g/mol. The van der Waals surface area contributed by atoms with E-state index in [9.17, 15) is 4.79 Å². The molecule has 2 heteroatoms. The molecule has 0 heterocycles. The van der Waals surface area contributed by atoms with Crippen LogP contribution in [0.15, 0.2) is 30.3 Å². The van der Waals surface area contributed by atoms with Gasteiger partial charge in [0.1, 0.15) is 0 Å². The molecule has 2 nitrogen and oxygen atoms in total. The quantitative estimate of drug-likeness (QED) is 0.659. The molecule has 1 unspecified atom stereocenters. The van der Waals surface area contributed by atoms with Crippen LogP contribution in [0.5, 0.6) is 0 Å². The minimum Gasteiger partial charge on any atom is -0.309 e. The van der Waals surface area contributed by atoms with Gasteiger partial charge in [0.2, 0.25) is 0 Å². The number of nitrogens with zero attached hydrogens (tertiary/aromatic N) is 1. The van der Waals surface area contributed by atoms with Crippen molar-refractivity contribution in [3.05, 3.63) is 35.8 Å². The SMILES string of the molecule is [2H]c1cccc([2H])c1C(=O)CC([2H])N(C)C. The molecule has 0 aliphatic rings. The molecule has 0 aromatic heterocycles. The lowest BCUT2D eigenvalue weighted by atomic mass is 10.1. The number of carbonyl (C=O) groups excluding carboxylic acids is 1. The highest BCUT2D eigenvalue weighted by Gasteiger charge is 2.04. The Hall–Kier alpha value is -1.15. The topological polar surface area (TPSA) is 20.3 Å². The molecule has 1 rings (SSSR count). The Morgan fingerprint density at radius 3 is 2.62 bits per heavy atom. The molecule has 0 fully saturated rings. The van der Waals surface area contributed by atoms with Crippen molar-refractivity contribution in [2.24, 2.45) is 0 Å². The Kier molecular flexibility index (Phi) is 2.32. The summed E-state index contributed by atoms with van der Waals surface area (Å²) in [5.74, 6) is -0.315. The van der Waals surface area contributed by atoms with E-state index in [-0.39, 0.29) is 29.9 Å². The van der Waals surface area contributed by atoms with Crippen molar-refractivity contribution in [3.63, 3.8) is 0 Å². The molecule has 13 heavy (non-hydrogen) atoms. The van der Waals surface area contributed by atoms with E-state index in [1.807, 2.05) is 0 Å². The summed E-state index contributed by atoms with van der Waals surface area (Å²) in [5, 5.41) is 0. The van der Waals surface area contributed by atoms with Gasteiger partial charge in [0.25, 0.3) is 0 Å². The molecule has 1 atom stereocenters. The fraction of sp³-hybridized carbons (Fsp3) is 0.364. The number of carbonyl (C=O) groups is 1. The van der Waals surface area contributed by atoms with Gasteiger partial charge in [0, 0.05) is 19.9 Å². The number of Topliss-reactive ketones (excluding diaryl/α,β-unsaturated/α-hetero) is 1. The van der Waals surface area contributed by atoms with Gasteiger partial charge in [-0.05, 0) is 14.1 Å². The summed E-state index contributed by atoms with van der Waals surface area (Å²) < 4.78 is 22.8. The summed E-state index contributed by atoms with van der Waals surface area (Å²) in [6.45, 7) is -0.633. The molecule has 0 bridgehead atoms. The van der Waals surface area contributed by atoms with Crippen molar-refractivity contribution in [2.75, 3.05) is 20.6 Å². The molecule has 0 saturated heterocycles. The highest BCUT2D eigenvalue weighted by atomic mass is 16.1. The predicted molar refractivity (Wildman–Crippen MR) is 53.9 cm³/mol. The van der Waals surface area contributed by atoms with E-state index in [0.29, 0.717) is 0 Å². The van der Waals surface area contributed by atoms with Crippen LogP contribution in [-0.2, 0) is 0 Å². The van der Waals surface area contributed by atoms with Gasteiger partial charge < -0.3 is 4.90 Å². The second kappa shape index (κ2) is 4.77. The van der Waals surface area contributed by atoms with Crippen LogP contribution in [-0.4, -0.2) is 31.3 Å². The van der Waals surface area contributed by atoms with Crippen molar-refractivity contribution in [3.8, 4) is 0 Å². The van der Waals surface area contributed by atoms with Gasteiger partial charge in [0.05, 0.1) is 2.74 Å². The Bertz CT molecular complexity index is 373. The second-order valence-corrected chi connectivity index (χ2v) is 2.96. The van der Waals surface area contributed by atoms with Crippen molar-refractivity contribution < 1.29 is 8.91 Å². The van der Waals surface area contributed by atoms with E-state index in [0.717, 1.165) is 0 Å². The largest absolute Gasteiger partial charge is 0.309 e. The fourth-order valence-corrected chi connectivity index (χ4v) is 0.881. The number of benzene rings is 1. The van der Waals surface area contributed by atoms with Gasteiger partial charge in [-0.2, -0.15) is 0 Å². The van der Waals surface area contributed by atoms with Gasteiger partial charge in [0.15, 0.2) is 5.78 Å². The molecule has 0 saturated carbocycles. The molecule has 0 N–H and O–H groups in total. The predicted octanol–water partition coefficient (Wildman–Crippen LogP) is 1.82. The molecule has 1 aromatic carbocycles. The molecule has 0 spiro atoms. The standard InChI is InChI=1S/C11H15NO/c1-12(2)9-8-11(13)10-6-4-3-5-7-10/h3-7H,8-9H2,1-2H3/i6D,7D,9D. The molecule has 0 aliphatic carbocycles. The third-order valence-electron chi connectivity index (χ3n) is 1.57. The molecule has 70 valence electrons. The summed E-state index contributed by atoms with van der Waals surface area (Å²) in [6.07, 6.45) is 0.00870. The zero-order valence-electron chi connectivity index (χ0n) is 10.9. The zero-order chi connectivity index (χ0) is 12.3. The lowest BCUT2D eigenvalue weighted by Crippen LogP contribution is -2.16. The first kappa shape index (κ1) is 6.33. The number of ketones is 1. The normalized spacial score (nSPS) is 16.1. The van der Waals surface area contributed by atoms with E-state index >= 15 is 0 Å². The molecular weight excluding hydrogens is 162 g/mol. The molecule has 0 amide bonds. The van der Waals surface area contributed by atoms with Gasteiger partial charge in [-0.1, -0.05) is 30.3 Å². The maximum Gasteiger partial charge on any atom is 0.164 e. The molecular formula is C11H15NO. The van der Waals surface area contributed by atoms with Crippen LogP contribution in [0, 0.1) is 0 Å². The third kappa shape index (κ3) is 3.38. The fourth-order valence-electron chi connectivity index (χ4n) is 0.881. The summed E-state index contributed by atoms with van der Waals surface area (Å²) in [5.41, 5.74) is 0.113. The van der Waals surface area contributed by atoms with Crippen molar-refractivity contribution in [2.45, 2.75) is 6.42 Å². The first-order valence-corrected chi connectivity index (χ1v) is 4.11. The van der Waals surface area contributed by atoms with Crippen LogP contribution in [0.1, 0.15) is 20.9 Å². The zero-order valence-corrected chi connectivity index (χ0v) is 7.87. The van der Waals surface area contributed by atoms with Crippen LogP contribution in [0.4, 0.5) is 0 Å². The van der Waals surface area contributed by atoms with Crippen LogP contribution in [0.25, 0.3) is 0 Å². The van der Waals surface area contributed by atoms with Gasteiger partial charge in [-0.15, -0.1) is 0 Å². The minimum atomic E-state index is -0.633. The van der Waals surface area contributed by atoms with E-state index in [4.69, 9.17) is 4.11 Å². The highest BCUT2D eigenvalue weighted by molar-refractivity contribution is 5.96. The van der Waals surface area contributed by atoms with Crippen molar-refractivity contribution in [1.82, 2.24) is 4.90 Å². The van der Waals surface area contributed by atoms with Gasteiger partial charge >= 0.3 is 0 Å². The molecule has 0 radical (unpaired) electrons. The Morgan fingerprint density at radius 1 is 1.46 bits per heavy atom. The maximum absolute atomic E-state index is 11.8. The Balaban J connectivity index is 2.89. The monoisotopic (exact) mass is 180 g/mol. The Morgan fingerprint density at radius 2 is 2.08 bits per heavy atom. The van der Waals surface area contributed by atoms with E-state index in [1.54, 1.807) is 25.1 Å². The first-order chi connectivity index (χ1) is 7.43. The minimum absolute atomic E-state index is 0.00870. The summed E-state index contributed by atoms with van der Waals surface area (Å²) >= 11 is 0. The molecule has 0 aliphatic heterocycles. The number of rotatable bonds is 4. The highest BCUT2D eigenvalue weighted by Crippen LogP contribution is 2.02. The molecule has 1 aromatic rings. The van der Waals surface area contributed by atoms with Gasteiger partial charge in [-0.25, -0.2) is 0 Å². The second-order valence-electron chi connectivity index (χ2n) is 2.96. The summed E-state index contributed by atoms with van der Waals surface area (Å²) in [4.78, 5) is 13.4. The lowest BCUT2D eigenvalue weighted by Gasteiger charge is -2.07. The lowest BCUT2D eigenvalue weighted by molar-refractivity contribution is 0.0972. The van der Waals surface area contributed by atoms with Gasteiger partial charge in [-0.3, -0.25) is 4.79 Å².